The number of carbonyl (C=O) groups excluding carboxylic acids is 1. The summed E-state index contributed by atoms with van der Waals surface area (Å²) in [5.41, 5.74) is 1.80. The fraction of sp³-hybridized carbons (Fsp3) is 0.400. The molecule has 4 rings (SSSR count). The molecule has 3 saturated heterocycles. The number of rotatable bonds is 2. The molecular weight excluding hydrogens is 306 g/mol. The highest BCUT2D eigenvalue weighted by Crippen LogP contribution is 2.34. The molecule has 1 aromatic rings. The average Bonchev–Trinajstić information content (AvgIpc) is 2.43. The molecule has 0 amide bonds. The van der Waals surface area contributed by atoms with Crippen LogP contribution in [-0.4, -0.2) is 30.9 Å². The quantitative estimate of drug-likeness (QED) is 0.784. The van der Waals surface area contributed by atoms with Gasteiger partial charge in [0.2, 0.25) is 0 Å². The zero-order chi connectivity index (χ0) is 13.4. The number of ketones is 1. The molecule has 100 valence electrons. The van der Waals surface area contributed by atoms with Gasteiger partial charge in [-0.15, -0.1) is 0 Å². The van der Waals surface area contributed by atoms with Crippen LogP contribution in [-0.2, 0) is 4.79 Å². The molecular formula is C15H16BrNO2. The van der Waals surface area contributed by atoms with E-state index in [1.54, 1.807) is 7.11 Å². The number of methoxy groups -OCH3 is 1. The molecule has 0 aromatic heterocycles. The number of hydrogen-bond donors (Lipinski definition) is 0. The number of ether oxygens (including phenoxy) is 1. The van der Waals surface area contributed by atoms with Gasteiger partial charge in [0, 0.05) is 29.0 Å². The Morgan fingerprint density at radius 1 is 1.37 bits per heavy atom. The van der Waals surface area contributed by atoms with Gasteiger partial charge in [0.25, 0.3) is 0 Å². The van der Waals surface area contributed by atoms with Crippen molar-refractivity contribution >= 4 is 27.8 Å². The second kappa shape index (κ2) is 5.00. The molecule has 2 bridgehead atoms. The minimum absolute atomic E-state index is 0.231. The van der Waals surface area contributed by atoms with Crippen LogP contribution in [0.2, 0.25) is 0 Å². The molecule has 3 fully saturated rings. The van der Waals surface area contributed by atoms with E-state index in [2.05, 4.69) is 20.8 Å². The van der Waals surface area contributed by atoms with Crippen LogP contribution in [0.5, 0.6) is 5.75 Å². The molecule has 3 aliphatic heterocycles. The van der Waals surface area contributed by atoms with E-state index in [9.17, 15) is 4.79 Å². The Bertz CT molecular complexity index is 545. The number of carbonyl (C=O) groups is 1. The Hall–Kier alpha value is -1.29. The van der Waals surface area contributed by atoms with Crippen molar-refractivity contribution in [3.8, 4) is 5.75 Å². The summed E-state index contributed by atoms with van der Waals surface area (Å²) in [5.74, 6) is 1.32. The minimum Gasteiger partial charge on any atom is -0.496 e. The molecule has 0 saturated carbocycles. The SMILES string of the molecule is COc1ccc(Br)cc1/C=C1/C(=O)C2CCN1CC2. The van der Waals surface area contributed by atoms with E-state index in [0.29, 0.717) is 5.78 Å². The number of hydrogen-bond acceptors (Lipinski definition) is 3. The summed E-state index contributed by atoms with van der Waals surface area (Å²) in [4.78, 5) is 14.5. The molecule has 3 aliphatic rings. The van der Waals surface area contributed by atoms with E-state index in [-0.39, 0.29) is 5.92 Å². The van der Waals surface area contributed by atoms with Gasteiger partial charge in [-0.25, -0.2) is 0 Å². The first kappa shape index (κ1) is 12.7. The number of benzene rings is 1. The van der Waals surface area contributed by atoms with Crippen LogP contribution in [0.1, 0.15) is 18.4 Å². The molecule has 0 spiro atoms. The maximum absolute atomic E-state index is 12.3. The molecule has 0 aliphatic carbocycles. The van der Waals surface area contributed by atoms with Crippen molar-refractivity contribution in [3.63, 3.8) is 0 Å². The van der Waals surface area contributed by atoms with Crippen molar-refractivity contribution in [2.24, 2.45) is 5.92 Å². The number of nitrogens with zero attached hydrogens (tertiary/aromatic N) is 1. The normalized spacial score (nSPS) is 21.3. The topological polar surface area (TPSA) is 29.5 Å². The number of allylic oxidation sites excluding steroid dienone is 1. The molecule has 1 aromatic carbocycles. The van der Waals surface area contributed by atoms with Gasteiger partial charge in [0.15, 0.2) is 5.78 Å². The number of fused-ring (bicyclic) bond motifs is 3. The van der Waals surface area contributed by atoms with Crippen LogP contribution in [0.15, 0.2) is 28.4 Å². The van der Waals surface area contributed by atoms with E-state index >= 15 is 0 Å². The summed E-state index contributed by atoms with van der Waals surface area (Å²) >= 11 is 3.46. The van der Waals surface area contributed by atoms with Gasteiger partial charge in [-0.05, 0) is 37.1 Å². The minimum atomic E-state index is 0.231. The van der Waals surface area contributed by atoms with Crippen molar-refractivity contribution in [2.75, 3.05) is 20.2 Å². The fourth-order valence-electron chi connectivity index (χ4n) is 2.88. The Morgan fingerprint density at radius 2 is 2.11 bits per heavy atom. The predicted octanol–water partition coefficient (Wildman–Crippen LogP) is 3.09. The molecule has 0 radical (unpaired) electrons. The molecule has 0 unspecified atom stereocenters. The predicted molar refractivity (Wildman–Crippen MR) is 78.0 cm³/mol. The van der Waals surface area contributed by atoms with Gasteiger partial charge in [-0.3, -0.25) is 4.79 Å². The Balaban J connectivity index is 2.01. The van der Waals surface area contributed by atoms with E-state index in [1.165, 1.54) is 0 Å². The van der Waals surface area contributed by atoms with Crippen molar-refractivity contribution in [1.29, 1.82) is 0 Å². The summed E-state index contributed by atoms with van der Waals surface area (Å²) in [6.45, 7) is 2.00. The van der Waals surface area contributed by atoms with Gasteiger partial charge in [0.1, 0.15) is 5.75 Å². The van der Waals surface area contributed by atoms with Crippen LogP contribution < -0.4 is 4.74 Å². The Labute approximate surface area is 121 Å². The Kier molecular flexibility index (Phi) is 3.35. The monoisotopic (exact) mass is 321 g/mol. The second-order valence-corrected chi connectivity index (χ2v) is 5.96. The van der Waals surface area contributed by atoms with Crippen molar-refractivity contribution in [1.82, 2.24) is 4.90 Å². The van der Waals surface area contributed by atoms with Crippen LogP contribution in [0.3, 0.4) is 0 Å². The van der Waals surface area contributed by atoms with Crippen LogP contribution in [0.4, 0.5) is 0 Å². The Morgan fingerprint density at radius 3 is 2.74 bits per heavy atom. The molecule has 4 heteroatoms. The summed E-state index contributed by atoms with van der Waals surface area (Å²) in [6, 6.07) is 5.84. The third kappa shape index (κ3) is 2.29. The lowest BCUT2D eigenvalue weighted by atomic mass is 9.84. The van der Waals surface area contributed by atoms with Gasteiger partial charge in [-0.2, -0.15) is 0 Å². The highest BCUT2D eigenvalue weighted by Gasteiger charge is 2.36. The molecule has 3 heterocycles. The third-order valence-corrected chi connectivity index (χ3v) is 4.44. The van der Waals surface area contributed by atoms with Crippen LogP contribution in [0.25, 0.3) is 6.08 Å². The van der Waals surface area contributed by atoms with Crippen LogP contribution >= 0.6 is 15.9 Å². The standard InChI is InChI=1S/C15H16BrNO2/c1-19-14-3-2-12(16)8-11(14)9-13-15(18)10-4-6-17(13)7-5-10/h2-3,8-10H,4-7H2,1H3/b13-9-. The van der Waals surface area contributed by atoms with Gasteiger partial charge in [0.05, 0.1) is 12.8 Å². The highest BCUT2D eigenvalue weighted by atomic mass is 79.9. The largest absolute Gasteiger partial charge is 0.496 e. The fourth-order valence-corrected chi connectivity index (χ4v) is 3.25. The maximum Gasteiger partial charge on any atom is 0.182 e. The molecule has 3 nitrogen and oxygen atoms in total. The summed E-state index contributed by atoms with van der Waals surface area (Å²) in [5, 5.41) is 0. The zero-order valence-corrected chi connectivity index (χ0v) is 12.4. The lowest BCUT2D eigenvalue weighted by Gasteiger charge is -2.41. The molecule has 0 atom stereocenters. The van der Waals surface area contributed by atoms with E-state index in [0.717, 1.165) is 47.4 Å². The number of halogens is 1. The second-order valence-electron chi connectivity index (χ2n) is 5.04. The smallest absolute Gasteiger partial charge is 0.182 e. The van der Waals surface area contributed by atoms with E-state index in [4.69, 9.17) is 4.74 Å². The summed E-state index contributed by atoms with van der Waals surface area (Å²) < 4.78 is 6.35. The lowest BCUT2D eigenvalue weighted by molar-refractivity contribution is -0.125. The van der Waals surface area contributed by atoms with Crippen LogP contribution in [0, 0.1) is 5.92 Å². The first-order valence-electron chi connectivity index (χ1n) is 6.53. The number of piperidine rings is 3. The lowest BCUT2D eigenvalue weighted by Crippen LogP contribution is -2.45. The number of Topliss-reactive ketones (excluding diaryl/α,β-unsaturated/α-hetero) is 1. The van der Waals surface area contributed by atoms with E-state index < -0.39 is 0 Å². The highest BCUT2D eigenvalue weighted by molar-refractivity contribution is 9.10. The average molecular weight is 322 g/mol. The van der Waals surface area contributed by atoms with Gasteiger partial charge < -0.3 is 9.64 Å². The first-order chi connectivity index (χ1) is 9.19. The van der Waals surface area contributed by atoms with E-state index in [1.807, 2.05) is 24.3 Å². The molecule has 0 N–H and O–H groups in total. The van der Waals surface area contributed by atoms with Crippen molar-refractivity contribution in [3.05, 3.63) is 33.9 Å². The first-order valence-corrected chi connectivity index (χ1v) is 7.33. The summed E-state index contributed by atoms with van der Waals surface area (Å²) in [6.07, 6.45) is 3.98. The maximum atomic E-state index is 12.3. The summed E-state index contributed by atoms with van der Waals surface area (Å²) in [7, 11) is 1.65. The third-order valence-electron chi connectivity index (χ3n) is 3.94. The molecule has 19 heavy (non-hydrogen) atoms. The zero-order valence-electron chi connectivity index (χ0n) is 10.9. The van der Waals surface area contributed by atoms with Crippen molar-refractivity contribution < 1.29 is 9.53 Å². The van der Waals surface area contributed by atoms with Crippen molar-refractivity contribution in [2.45, 2.75) is 12.8 Å². The van der Waals surface area contributed by atoms with Gasteiger partial charge in [-0.1, -0.05) is 15.9 Å². The van der Waals surface area contributed by atoms with Gasteiger partial charge >= 0.3 is 0 Å².